The zero-order chi connectivity index (χ0) is 22.7. The molecule has 0 bridgehead atoms. The standard InChI is InChI=1S/C18H31N5O.2CH2O2/c1-12(2)23-10-15(16(11-23)24-5)19-17-13-8-6-7-9-14(13)20-18(21-17)22(3)4;2*2-1-3/h12,15-16H,6-11H2,1-5H3,(H,19,20,21);2*1H,(H,2,3)/t15-,16-;;/m0../s1. The van der Waals surface area contributed by atoms with Gasteiger partial charge in [0.1, 0.15) is 5.82 Å². The summed E-state index contributed by atoms with van der Waals surface area (Å²) in [7, 11) is 5.81. The van der Waals surface area contributed by atoms with Crippen LogP contribution < -0.4 is 10.2 Å². The van der Waals surface area contributed by atoms with Crippen LogP contribution in [-0.4, -0.2) is 90.5 Å². The largest absolute Gasteiger partial charge is 0.483 e. The normalized spacial score (nSPS) is 20.2. The molecule has 0 aromatic carbocycles. The van der Waals surface area contributed by atoms with Crippen LogP contribution in [0.25, 0.3) is 0 Å². The zero-order valence-electron chi connectivity index (χ0n) is 18.5. The van der Waals surface area contributed by atoms with Crippen molar-refractivity contribution in [3.63, 3.8) is 0 Å². The molecule has 170 valence electrons. The Morgan fingerprint density at radius 1 is 1.13 bits per heavy atom. The molecule has 0 spiro atoms. The van der Waals surface area contributed by atoms with E-state index in [1.807, 2.05) is 26.1 Å². The topological polar surface area (TPSA) is 128 Å². The van der Waals surface area contributed by atoms with E-state index in [1.165, 1.54) is 24.1 Å². The van der Waals surface area contributed by atoms with Crippen LogP contribution >= 0.6 is 0 Å². The summed E-state index contributed by atoms with van der Waals surface area (Å²) in [6.45, 7) is 5.95. The average molecular weight is 426 g/mol. The molecule has 0 saturated carbocycles. The van der Waals surface area contributed by atoms with Gasteiger partial charge in [0.2, 0.25) is 5.95 Å². The lowest BCUT2D eigenvalue weighted by Gasteiger charge is -2.25. The van der Waals surface area contributed by atoms with Crippen LogP contribution in [0.3, 0.4) is 0 Å². The second kappa shape index (κ2) is 13.0. The number of ether oxygens (including phenoxy) is 1. The predicted molar refractivity (Wildman–Crippen MR) is 115 cm³/mol. The molecule has 2 heterocycles. The van der Waals surface area contributed by atoms with E-state index in [0.717, 1.165) is 37.7 Å². The van der Waals surface area contributed by atoms with Crippen LogP contribution in [0.1, 0.15) is 37.9 Å². The smallest absolute Gasteiger partial charge is 0.290 e. The maximum atomic E-state index is 8.36. The fraction of sp³-hybridized carbons (Fsp3) is 0.700. The molecule has 0 amide bonds. The first-order chi connectivity index (χ1) is 14.3. The van der Waals surface area contributed by atoms with E-state index in [-0.39, 0.29) is 25.1 Å². The molecule has 1 aliphatic carbocycles. The third-order valence-electron chi connectivity index (χ3n) is 5.22. The van der Waals surface area contributed by atoms with Crippen molar-refractivity contribution in [2.75, 3.05) is 44.5 Å². The highest BCUT2D eigenvalue weighted by atomic mass is 16.5. The van der Waals surface area contributed by atoms with Gasteiger partial charge in [-0.3, -0.25) is 14.5 Å². The summed E-state index contributed by atoms with van der Waals surface area (Å²) in [6, 6.07) is 0.805. The van der Waals surface area contributed by atoms with Crippen molar-refractivity contribution in [1.29, 1.82) is 0 Å². The summed E-state index contributed by atoms with van der Waals surface area (Å²) < 4.78 is 5.74. The minimum absolute atomic E-state index is 0.199. The van der Waals surface area contributed by atoms with Crippen molar-refractivity contribution in [3.8, 4) is 0 Å². The number of fused-ring (bicyclic) bond motifs is 1. The number of hydrogen-bond acceptors (Lipinski definition) is 8. The third-order valence-corrected chi connectivity index (χ3v) is 5.22. The number of carbonyl (C=O) groups is 2. The van der Waals surface area contributed by atoms with Crippen molar-refractivity contribution >= 4 is 24.7 Å². The minimum Gasteiger partial charge on any atom is -0.483 e. The van der Waals surface area contributed by atoms with Crippen LogP contribution in [0, 0.1) is 0 Å². The van der Waals surface area contributed by atoms with Gasteiger partial charge in [0.05, 0.1) is 17.8 Å². The Labute approximate surface area is 178 Å². The lowest BCUT2D eigenvalue weighted by atomic mass is 9.96. The van der Waals surface area contributed by atoms with E-state index >= 15 is 0 Å². The number of carboxylic acid groups (broad SMARTS) is 2. The summed E-state index contributed by atoms with van der Waals surface area (Å²) in [4.78, 5) is 30.8. The van der Waals surface area contributed by atoms with Gasteiger partial charge in [-0.1, -0.05) is 0 Å². The Kier molecular flexibility index (Phi) is 11.1. The molecule has 0 radical (unpaired) electrons. The molecule has 1 aromatic heterocycles. The Balaban J connectivity index is 0.000000672. The van der Waals surface area contributed by atoms with Crippen LogP contribution in [0.5, 0.6) is 0 Å². The quantitative estimate of drug-likeness (QED) is 0.595. The third kappa shape index (κ3) is 7.10. The number of methoxy groups -OCH3 is 1. The lowest BCUT2D eigenvalue weighted by Crippen LogP contribution is -2.35. The average Bonchev–Trinajstić information content (AvgIpc) is 3.12. The molecule has 0 unspecified atom stereocenters. The Hall–Kier alpha value is -2.46. The predicted octanol–water partition coefficient (Wildman–Crippen LogP) is 1.34. The Morgan fingerprint density at radius 2 is 1.73 bits per heavy atom. The van der Waals surface area contributed by atoms with Gasteiger partial charge in [-0.25, -0.2) is 4.98 Å². The Bertz CT molecular complexity index is 665. The maximum Gasteiger partial charge on any atom is 0.290 e. The van der Waals surface area contributed by atoms with Gasteiger partial charge in [0, 0.05) is 45.9 Å². The number of hydrogen-bond donors (Lipinski definition) is 3. The van der Waals surface area contributed by atoms with E-state index in [1.54, 1.807) is 0 Å². The van der Waals surface area contributed by atoms with Gasteiger partial charge in [0.25, 0.3) is 12.9 Å². The molecule has 10 nitrogen and oxygen atoms in total. The number of aryl methyl sites for hydroxylation is 1. The van der Waals surface area contributed by atoms with Crippen LogP contribution in [0.4, 0.5) is 11.8 Å². The van der Waals surface area contributed by atoms with E-state index in [4.69, 9.17) is 34.5 Å². The summed E-state index contributed by atoms with van der Waals surface area (Å²) >= 11 is 0. The van der Waals surface area contributed by atoms with Crippen LogP contribution in [0.15, 0.2) is 0 Å². The zero-order valence-corrected chi connectivity index (χ0v) is 18.5. The first kappa shape index (κ1) is 25.6. The van der Waals surface area contributed by atoms with Crippen molar-refractivity contribution in [3.05, 3.63) is 11.3 Å². The molecular formula is C20H35N5O5. The molecule has 30 heavy (non-hydrogen) atoms. The van der Waals surface area contributed by atoms with Crippen molar-refractivity contribution in [2.24, 2.45) is 0 Å². The lowest BCUT2D eigenvalue weighted by molar-refractivity contribution is -0.123. The first-order valence-corrected chi connectivity index (χ1v) is 10.1. The van der Waals surface area contributed by atoms with Gasteiger partial charge in [-0.15, -0.1) is 0 Å². The van der Waals surface area contributed by atoms with Gasteiger partial charge >= 0.3 is 0 Å². The maximum absolute atomic E-state index is 8.36. The van der Waals surface area contributed by atoms with Gasteiger partial charge < -0.3 is 25.2 Å². The minimum atomic E-state index is -0.250. The fourth-order valence-electron chi connectivity index (χ4n) is 3.68. The number of rotatable bonds is 5. The van der Waals surface area contributed by atoms with E-state index in [0.29, 0.717) is 6.04 Å². The summed E-state index contributed by atoms with van der Waals surface area (Å²) in [5.41, 5.74) is 2.53. The number of nitrogens with zero attached hydrogens (tertiary/aromatic N) is 4. The Morgan fingerprint density at radius 3 is 2.27 bits per heavy atom. The van der Waals surface area contributed by atoms with E-state index in [2.05, 4.69) is 24.1 Å². The molecule has 1 aromatic rings. The highest BCUT2D eigenvalue weighted by molar-refractivity contribution is 5.53. The molecule has 2 atom stereocenters. The molecular weight excluding hydrogens is 390 g/mol. The second-order valence-electron chi connectivity index (χ2n) is 7.68. The fourth-order valence-corrected chi connectivity index (χ4v) is 3.68. The van der Waals surface area contributed by atoms with Gasteiger partial charge in [-0.2, -0.15) is 4.98 Å². The number of aromatic nitrogens is 2. The molecule has 2 aliphatic rings. The molecule has 3 rings (SSSR count). The van der Waals surface area contributed by atoms with Gasteiger partial charge in [-0.05, 0) is 39.5 Å². The summed E-state index contributed by atoms with van der Waals surface area (Å²) in [5.74, 6) is 1.81. The second-order valence-corrected chi connectivity index (χ2v) is 7.68. The number of anilines is 2. The van der Waals surface area contributed by atoms with Crippen LogP contribution in [0.2, 0.25) is 0 Å². The monoisotopic (exact) mass is 425 g/mol. The van der Waals surface area contributed by atoms with Crippen LogP contribution in [-0.2, 0) is 27.2 Å². The van der Waals surface area contributed by atoms with Crippen molar-refractivity contribution in [1.82, 2.24) is 14.9 Å². The van der Waals surface area contributed by atoms with Gasteiger partial charge in [0.15, 0.2) is 0 Å². The SMILES string of the molecule is CO[C@H]1CN(C(C)C)C[C@@H]1Nc1nc(N(C)C)nc2c1CCCC2.O=CO.O=CO. The van der Waals surface area contributed by atoms with Crippen molar-refractivity contribution in [2.45, 2.75) is 57.7 Å². The molecule has 1 saturated heterocycles. The highest BCUT2D eigenvalue weighted by Gasteiger charge is 2.35. The summed E-state index contributed by atoms with van der Waals surface area (Å²) in [6.07, 6.45) is 4.78. The molecule has 1 fully saturated rings. The molecule has 3 N–H and O–H groups in total. The van der Waals surface area contributed by atoms with E-state index in [9.17, 15) is 0 Å². The highest BCUT2D eigenvalue weighted by Crippen LogP contribution is 2.29. The summed E-state index contributed by atoms with van der Waals surface area (Å²) in [5, 5.41) is 17.5. The van der Waals surface area contributed by atoms with E-state index < -0.39 is 0 Å². The number of likely N-dealkylation sites (tertiary alicyclic amines) is 1. The number of nitrogens with one attached hydrogen (secondary N) is 1. The molecule has 10 heteroatoms. The molecule has 1 aliphatic heterocycles. The van der Waals surface area contributed by atoms with Crippen molar-refractivity contribution < 1.29 is 24.5 Å². The first-order valence-electron chi connectivity index (χ1n) is 10.1.